The normalized spacial score (nSPS) is 14.1. The first kappa shape index (κ1) is 15.6. The summed E-state index contributed by atoms with van der Waals surface area (Å²) < 4.78 is 99.2. The number of hydrogen-bond donors (Lipinski definition) is 0. The first-order valence-corrected chi connectivity index (χ1v) is 5.29. The monoisotopic (exact) mass is 309 g/mol. The first-order chi connectivity index (χ1) is 8.46. The number of rotatable bonds is 3. The van der Waals surface area contributed by atoms with Crippen molar-refractivity contribution >= 4 is 11.1 Å². The van der Waals surface area contributed by atoms with Crippen molar-refractivity contribution in [3.05, 3.63) is 18.2 Å². The van der Waals surface area contributed by atoms with E-state index in [1.54, 1.807) is 0 Å². The maximum absolute atomic E-state index is 11.9. The minimum atomic E-state index is -5.18. The third-order valence-electron chi connectivity index (χ3n) is 1.51. The molecule has 0 N–H and O–H groups in total. The Balaban J connectivity index is 3.14. The van der Waals surface area contributed by atoms with E-state index >= 15 is 0 Å². The highest BCUT2D eigenvalue weighted by atomic mass is 32.2. The molecular weight excluding hydrogens is 306 g/mol. The second-order valence-electron chi connectivity index (χ2n) is 2.97. The zero-order valence-electron chi connectivity index (χ0n) is 8.54. The molecule has 19 heavy (non-hydrogen) atoms. The zero-order chi connectivity index (χ0) is 14.8. The van der Waals surface area contributed by atoms with E-state index in [0.29, 0.717) is 12.1 Å². The lowest BCUT2D eigenvalue weighted by Gasteiger charge is -2.15. The van der Waals surface area contributed by atoms with Gasteiger partial charge in [-0.25, -0.2) is 0 Å². The molecule has 1 aromatic rings. The molecule has 0 aliphatic carbocycles. The first-order valence-electron chi connectivity index (χ1n) is 4.22. The van der Waals surface area contributed by atoms with E-state index in [2.05, 4.69) is 9.47 Å². The van der Waals surface area contributed by atoms with Crippen LogP contribution in [0.5, 0.6) is 11.5 Å². The summed E-state index contributed by atoms with van der Waals surface area (Å²) in [5, 5.41) is 0. The van der Waals surface area contributed by atoms with Crippen molar-refractivity contribution in [3.8, 4) is 11.5 Å². The molecule has 0 spiro atoms. The fourth-order valence-electron chi connectivity index (χ4n) is 1.03. The molecule has 0 radical (unpaired) electrons. The SMILES string of the molecule is O=S([O-])c1cc(OC(F)(F)F)cc(OC(F)(F)F)c1. The molecule has 0 aliphatic heterocycles. The van der Waals surface area contributed by atoms with Crippen LogP contribution in [0.2, 0.25) is 0 Å². The molecular formula is C8H3F6O4S-. The molecule has 0 saturated carbocycles. The van der Waals surface area contributed by atoms with Gasteiger partial charge in [0.2, 0.25) is 0 Å². The molecule has 0 aliphatic rings. The fourth-order valence-corrected chi connectivity index (χ4v) is 1.45. The van der Waals surface area contributed by atoms with Crippen molar-refractivity contribution in [3.63, 3.8) is 0 Å². The van der Waals surface area contributed by atoms with Gasteiger partial charge >= 0.3 is 12.7 Å². The molecule has 1 unspecified atom stereocenters. The predicted molar refractivity (Wildman–Crippen MR) is 47.0 cm³/mol. The lowest BCUT2D eigenvalue weighted by molar-refractivity contribution is -0.276. The number of halogens is 6. The zero-order valence-corrected chi connectivity index (χ0v) is 9.36. The van der Waals surface area contributed by atoms with Gasteiger partial charge in [0.25, 0.3) is 0 Å². The Labute approximate surface area is 104 Å². The molecule has 1 aromatic carbocycles. The number of ether oxygens (including phenoxy) is 2. The van der Waals surface area contributed by atoms with Gasteiger partial charge in [0, 0.05) is 11.0 Å². The van der Waals surface area contributed by atoms with E-state index < -0.39 is 40.2 Å². The minimum Gasteiger partial charge on any atom is -0.768 e. The van der Waals surface area contributed by atoms with Crippen LogP contribution in [-0.2, 0) is 11.1 Å². The van der Waals surface area contributed by atoms with Crippen LogP contribution in [0.15, 0.2) is 23.1 Å². The number of hydrogen-bond acceptors (Lipinski definition) is 4. The average molecular weight is 309 g/mol. The molecule has 1 rings (SSSR count). The van der Waals surface area contributed by atoms with Crippen molar-refractivity contribution in [2.75, 3.05) is 0 Å². The van der Waals surface area contributed by atoms with E-state index in [9.17, 15) is 35.1 Å². The van der Waals surface area contributed by atoms with Crippen LogP contribution in [0.4, 0.5) is 26.3 Å². The van der Waals surface area contributed by atoms with Gasteiger partial charge < -0.3 is 14.0 Å². The van der Waals surface area contributed by atoms with Gasteiger partial charge in [0.1, 0.15) is 11.5 Å². The minimum absolute atomic E-state index is 0.261. The van der Waals surface area contributed by atoms with E-state index in [-0.39, 0.29) is 6.07 Å². The summed E-state index contributed by atoms with van der Waals surface area (Å²) in [7, 11) is 0. The van der Waals surface area contributed by atoms with Crippen molar-refractivity contribution < 1.29 is 44.6 Å². The van der Waals surface area contributed by atoms with Gasteiger partial charge in [-0.3, -0.25) is 4.21 Å². The highest BCUT2D eigenvalue weighted by Crippen LogP contribution is 2.31. The fraction of sp³-hybridized carbons (Fsp3) is 0.250. The predicted octanol–water partition coefficient (Wildman–Crippen LogP) is 2.72. The van der Waals surface area contributed by atoms with Gasteiger partial charge in [0.15, 0.2) is 0 Å². The summed E-state index contributed by atoms with van der Waals surface area (Å²) in [6, 6.07) is 1.07. The second kappa shape index (κ2) is 5.25. The van der Waals surface area contributed by atoms with Crippen molar-refractivity contribution in [1.29, 1.82) is 0 Å². The third-order valence-corrected chi connectivity index (χ3v) is 2.13. The average Bonchev–Trinajstić information content (AvgIpc) is 2.10. The van der Waals surface area contributed by atoms with Crippen molar-refractivity contribution in [1.82, 2.24) is 0 Å². The lowest BCUT2D eigenvalue weighted by Crippen LogP contribution is -2.19. The molecule has 0 amide bonds. The Morgan fingerprint density at radius 2 is 1.26 bits per heavy atom. The number of alkyl halides is 6. The molecule has 0 aromatic heterocycles. The van der Waals surface area contributed by atoms with Crippen LogP contribution in [-0.4, -0.2) is 21.5 Å². The highest BCUT2D eigenvalue weighted by Gasteiger charge is 2.33. The Kier molecular flexibility index (Phi) is 4.30. The Hall–Kier alpha value is -1.49. The molecule has 11 heteroatoms. The lowest BCUT2D eigenvalue weighted by atomic mass is 10.3. The molecule has 0 fully saturated rings. The van der Waals surface area contributed by atoms with E-state index in [4.69, 9.17) is 0 Å². The van der Waals surface area contributed by atoms with Crippen LogP contribution in [0.1, 0.15) is 0 Å². The van der Waals surface area contributed by atoms with E-state index in [1.807, 2.05) is 0 Å². The molecule has 0 heterocycles. The van der Waals surface area contributed by atoms with Crippen LogP contribution in [0, 0.1) is 0 Å². The van der Waals surface area contributed by atoms with E-state index in [0.717, 1.165) is 0 Å². The van der Waals surface area contributed by atoms with Crippen LogP contribution >= 0.6 is 0 Å². The molecule has 0 saturated heterocycles. The summed E-state index contributed by atoms with van der Waals surface area (Å²) in [5.41, 5.74) is 0. The summed E-state index contributed by atoms with van der Waals surface area (Å²) in [4.78, 5) is -0.846. The Morgan fingerprint density at radius 1 is 0.895 bits per heavy atom. The maximum atomic E-state index is 11.9. The molecule has 0 bridgehead atoms. The number of benzene rings is 1. The van der Waals surface area contributed by atoms with Crippen LogP contribution < -0.4 is 9.47 Å². The van der Waals surface area contributed by atoms with E-state index in [1.165, 1.54) is 0 Å². The summed E-state index contributed by atoms with van der Waals surface area (Å²) in [6.45, 7) is 0. The molecule has 108 valence electrons. The third kappa shape index (κ3) is 5.79. The van der Waals surface area contributed by atoms with Gasteiger partial charge in [-0.2, -0.15) is 0 Å². The highest BCUT2D eigenvalue weighted by molar-refractivity contribution is 7.79. The van der Waals surface area contributed by atoms with Crippen LogP contribution in [0.3, 0.4) is 0 Å². The smallest absolute Gasteiger partial charge is 0.573 e. The Bertz CT molecular complexity index is 449. The van der Waals surface area contributed by atoms with Gasteiger partial charge in [-0.1, -0.05) is 0 Å². The van der Waals surface area contributed by atoms with Gasteiger partial charge in [-0.05, 0) is 23.2 Å². The van der Waals surface area contributed by atoms with Crippen molar-refractivity contribution in [2.45, 2.75) is 17.6 Å². The van der Waals surface area contributed by atoms with Gasteiger partial charge in [0.05, 0.1) is 0 Å². The molecule has 1 atom stereocenters. The van der Waals surface area contributed by atoms with Crippen LogP contribution in [0.25, 0.3) is 0 Å². The second-order valence-corrected chi connectivity index (χ2v) is 3.91. The molecule has 4 nitrogen and oxygen atoms in total. The summed E-state index contributed by atoms with van der Waals surface area (Å²) >= 11 is -3.05. The Morgan fingerprint density at radius 3 is 1.53 bits per heavy atom. The summed E-state index contributed by atoms with van der Waals surface area (Å²) in [6.07, 6.45) is -10.4. The topological polar surface area (TPSA) is 58.6 Å². The summed E-state index contributed by atoms with van der Waals surface area (Å²) in [5.74, 6) is -2.29. The standard InChI is InChI=1S/C8H4F6O4S/c9-7(10,11)17-4-1-5(18-8(12,13)14)3-6(2-4)19(15)16/h1-3H,(H,15,16)/p-1. The van der Waals surface area contributed by atoms with Gasteiger partial charge in [-0.15, -0.1) is 26.3 Å². The quantitative estimate of drug-likeness (QED) is 0.636. The van der Waals surface area contributed by atoms with Crippen molar-refractivity contribution in [2.24, 2.45) is 0 Å². The largest absolute Gasteiger partial charge is 0.768 e. The maximum Gasteiger partial charge on any atom is 0.573 e.